The lowest BCUT2D eigenvalue weighted by Crippen LogP contribution is -2.47. The van der Waals surface area contributed by atoms with E-state index in [1.807, 2.05) is 0 Å². The highest BCUT2D eigenvalue weighted by molar-refractivity contribution is 4.86. The summed E-state index contributed by atoms with van der Waals surface area (Å²) in [5, 5.41) is 0. The molecule has 0 N–H and O–H groups in total. The van der Waals surface area contributed by atoms with Crippen LogP contribution in [0.25, 0.3) is 0 Å². The SMILES string of the molecule is CCCC(C)C(C1CCC(C)CC1)N(C)C(C)C. The highest BCUT2D eigenvalue weighted by Gasteiger charge is 2.32. The van der Waals surface area contributed by atoms with Gasteiger partial charge in [-0.15, -0.1) is 0 Å². The molecule has 0 saturated heterocycles. The van der Waals surface area contributed by atoms with Crippen molar-refractivity contribution in [2.24, 2.45) is 17.8 Å². The van der Waals surface area contributed by atoms with Crippen LogP contribution in [-0.2, 0) is 0 Å². The fraction of sp³-hybridized carbons (Fsp3) is 1.00. The Kier molecular flexibility index (Phi) is 6.70. The van der Waals surface area contributed by atoms with Gasteiger partial charge in [0.15, 0.2) is 0 Å². The topological polar surface area (TPSA) is 3.24 Å². The van der Waals surface area contributed by atoms with Gasteiger partial charge in [0.25, 0.3) is 0 Å². The van der Waals surface area contributed by atoms with Crippen molar-refractivity contribution in [3.8, 4) is 0 Å². The maximum atomic E-state index is 2.65. The molecular formula is C17H35N. The van der Waals surface area contributed by atoms with Crippen molar-refractivity contribution in [1.29, 1.82) is 0 Å². The Bertz CT molecular complexity index is 216. The van der Waals surface area contributed by atoms with E-state index in [0.29, 0.717) is 6.04 Å². The molecule has 0 aliphatic heterocycles. The monoisotopic (exact) mass is 253 g/mol. The normalized spacial score (nSPS) is 28.7. The van der Waals surface area contributed by atoms with E-state index in [9.17, 15) is 0 Å². The smallest absolute Gasteiger partial charge is 0.0149 e. The van der Waals surface area contributed by atoms with E-state index in [1.165, 1.54) is 38.5 Å². The molecule has 0 heterocycles. The van der Waals surface area contributed by atoms with E-state index in [0.717, 1.165) is 23.8 Å². The van der Waals surface area contributed by atoms with Crippen LogP contribution in [0.2, 0.25) is 0 Å². The summed E-state index contributed by atoms with van der Waals surface area (Å²) in [5.41, 5.74) is 0. The molecule has 0 aromatic heterocycles. The summed E-state index contributed by atoms with van der Waals surface area (Å²) >= 11 is 0. The average molecular weight is 253 g/mol. The first-order chi connectivity index (χ1) is 8.47. The van der Waals surface area contributed by atoms with Crippen molar-refractivity contribution in [2.75, 3.05) is 7.05 Å². The van der Waals surface area contributed by atoms with Gasteiger partial charge >= 0.3 is 0 Å². The van der Waals surface area contributed by atoms with Crippen molar-refractivity contribution >= 4 is 0 Å². The Morgan fingerprint density at radius 3 is 2.06 bits per heavy atom. The van der Waals surface area contributed by atoms with E-state index in [4.69, 9.17) is 0 Å². The maximum absolute atomic E-state index is 2.65. The minimum absolute atomic E-state index is 0.675. The van der Waals surface area contributed by atoms with Gasteiger partial charge in [0.2, 0.25) is 0 Å². The third kappa shape index (κ3) is 4.26. The van der Waals surface area contributed by atoms with Crippen molar-refractivity contribution in [1.82, 2.24) is 4.90 Å². The summed E-state index contributed by atoms with van der Waals surface area (Å²) in [5.74, 6) is 2.75. The van der Waals surface area contributed by atoms with Crippen molar-refractivity contribution < 1.29 is 0 Å². The molecule has 1 saturated carbocycles. The molecule has 1 aliphatic rings. The predicted octanol–water partition coefficient (Wildman–Crippen LogP) is 4.96. The molecule has 108 valence electrons. The summed E-state index contributed by atoms with van der Waals surface area (Å²) in [6.07, 6.45) is 8.52. The van der Waals surface area contributed by atoms with Crippen molar-refractivity contribution in [2.45, 2.75) is 85.2 Å². The molecule has 18 heavy (non-hydrogen) atoms. The minimum Gasteiger partial charge on any atom is -0.300 e. The van der Waals surface area contributed by atoms with Gasteiger partial charge in [-0.3, -0.25) is 0 Å². The van der Waals surface area contributed by atoms with Gasteiger partial charge < -0.3 is 4.90 Å². The summed E-state index contributed by atoms with van der Waals surface area (Å²) in [6.45, 7) is 11.9. The van der Waals surface area contributed by atoms with Crippen molar-refractivity contribution in [3.63, 3.8) is 0 Å². The highest BCUT2D eigenvalue weighted by atomic mass is 15.2. The molecule has 1 aliphatic carbocycles. The third-order valence-corrected chi connectivity index (χ3v) is 5.16. The summed E-state index contributed by atoms with van der Waals surface area (Å²) < 4.78 is 0. The second-order valence-corrected chi connectivity index (χ2v) is 7.04. The van der Waals surface area contributed by atoms with Crippen LogP contribution in [0.4, 0.5) is 0 Å². The first-order valence-electron chi connectivity index (χ1n) is 8.19. The van der Waals surface area contributed by atoms with Crippen LogP contribution in [0.5, 0.6) is 0 Å². The zero-order valence-electron chi connectivity index (χ0n) is 13.6. The molecule has 2 unspecified atom stereocenters. The first kappa shape index (κ1) is 16.0. The van der Waals surface area contributed by atoms with Crippen LogP contribution >= 0.6 is 0 Å². The van der Waals surface area contributed by atoms with Gasteiger partial charge in [0, 0.05) is 12.1 Å². The second-order valence-electron chi connectivity index (χ2n) is 7.04. The summed E-state index contributed by atoms with van der Waals surface area (Å²) in [4.78, 5) is 2.65. The number of rotatable bonds is 6. The Morgan fingerprint density at radius 2 is 1.61 bits per heavy atom. The number of hydrogen-bond acceptors (Lipinski definition) is 1. The van der Waals surface area contributed by atoms with Crippen LogP contribution in [0.3, 0.4) is 0 Å². The Morgan fingerprint density at radius 1 is 1.06 bits per heavy atom. The van der Waals surface area contributed by atoms with Crippen molar-refractivity contribution in [3.05, 3.63) is 0 Å². The van der Waals surface area contributed by atoms with E-state index in [2.05, 4.69) is 46.6 Å². The molecule has 0 spiro atoms. The number of nitrogens with zero attached hydrogens (tertiary/aromatic N) is 1. The maximum Gasteiger partial charge on any atom is 0.0149 e. The van der Waals surface area contributed by atoms with Crippen LogP contribution < -0.4 is 0 Å². The third-order valence-electron chi connectivity index (χ3n) is 5.16. The zero-order valence-corrected chi connectivity index (χ0v) is 13.6. The Hall–Kier alpha value is -0.0400. The van der Waals surface area contributed by atoms with Crippen LogP contribution in [0.1, 0.15) is 73.1 Å². The molecule has 0 radical (unpaired) electrons. The number of hydrogen-bond donors (Lipinski definition) is 0. The van der Waals surface area contributed by atoms with E-state index in [1.54, 1.807) is 0 Å². The Balaban J connectivity index is 2.70. The predicted molar refractivity (Wildman–Crippen MR) is 81.9 cm³/mol. The van der Waals surface area contributed by atoms with E-state index < -0.39 is 0 Å². The molecule has 0 amide bonds. The van der Waals surface area contributed by atoms with E-state index in [-0.39, 0.29) is 0 Å². The van der Waals surface area contributed by atoms with Gasteiger partial charge in [-0.1, -0.05) is 40.0 Å². The fourth-order valence-electron chi connectivity index (χ4n) is 3.80. The molecule has 1 nitrogen and oxygen atoms in total. The minimum atomic E-state index is 0.675. The standard InChI is InChI=1S/C17H35N/c1-7-8-15(5)17(18(6)13(2)3)16-11-9-14(4)10-12-16/h13-17H,7-12H2,1-6H3. The average Bonchev–Trinajstić information content (AvgIpc) is 2.32. The van der Waals surface area contributed by atoms with Gasteiger partial charge in [0.1, 0.15) is 0 Å². The zero-order chi connectivity index (χ0) is 13.7. The molecule has 1 rings (SSSR count). The molecular weight excluding hydrogens is 218 g/mol. The molecule has 1 fully saturated rings. The second kappa shape index (κ2) is 7.53. The van der Waals surface area contributed by atoms with Gasteiger partial charge in [-0.2, -0.15) is 0 Å². The molecule has 0 aromatic carbocycles. The fourth-order valence-corrected chi connectivity index (χ4v) is 3.80. The lowest BCUT2D eigenvalue weighted by molar-refractivity contribution is 0.0638. The first-order valence-corrected chi connectivity index (χ1v) is 8.19. The summed E-state index contributed by atoms with van der Waals surface area (Å²) in [6, 6.07) is 1.48. The molecule has 1 heteroatoms. The van der Waals surface area contributed by atoms with Gasteiger partial charge in [0.05, 0.1) is 0 Å². The highest BCUT2D eigenvalue weighted by Crippen LogP contribution is 2.36. The van der Waals surface area contributed by atoms with Crippen LogP contribution in [-0.4, -0.2) is 24.0 Å². The lowest BCUT2D eigenvalue weighted by Gasteiger charge is -2.43. The van der Waals surface area contributed by atoms with E-state index >= 15 is 0 Å². The lowest BCUT2D eigenvalue weighted by atomic mass is 9.74. The summed E-state index contributed by atoms with van der Waals surface area (Å²) in [7, 11) is 2.35. The van der Waals surface area contributed by atoms with Gasteiger partial charge in [-0.25, -0.2) is 0 Å². The largest absolute Gasteiger partial charge is 0.300 e. The quantitative estimate of drug-likeness (QED) is 0.647. The molecule has 0 aromatic rings. The molecule has 2 atom stereocenters. The molecule has 0 bridgehead atoms. The Labute approximate surface area is 115 Å². The van der Waals surface area contributed by atoms with Crippen LogP contribution in [0, 0.1) is 17.8 Å². The van der Waals surface area contributed by atoms with Gasteiger partial charge in [-0.05, 0) is 57.9 Å². The van der Waals surface area contributed by atoms with Crippen LogP contribution in [0.15, 0.2) is 0 Å².